The van der Waals surface area contributed by atoms with Crippen molar-refractivity contribution in [3.63, 3.8) is 0 Å². The lowest BCUT2D eigenvalue weighted by molar-refractivity contribution is -0.137. The molecule has 40 heavy (non-hydrogen) atoms. The van der Waals surface area contributed by atoms with Gasteiger partial charge in [0.1, 0.15) is 6.54 Å². The molecule has 0 radical (unpaired) electrons. The largest absolute Gasteiger partial charge is 0.490 e. The Balaban J connectivity index is 1.22. The van der Waals surface area contributed by atoms with Crippen molar-refractivity contribution in [1.82, 2.24) is 9.80 Å². The molecule has 4 amide bonds. The summed E-state index contributed by atoms with van der Waals surface area (Å²) in [5.41, 5.74) is 1.04. The van der Waals surface area contributed by atoms with Crippen LogP contribution in [0.5, 0.6) is 23.0 Å². The normalized spacial score (nSPS) is 17.4. The molecule has 2 saturated heterocycles. The fourth-order valence-corrected chi connectivity index (χ4v) is 4.99. The molecule has 3 heterocycles. The minimum atomic E-state index is -0.578. The van der Waals surface area contributed by atoms with Gasteiger partial charge in [0.15, 0.2) is 29.6 Å². The molecule has 0 bridgehead atoms. The number of ether oxygens (including phenoxy) is 5. The number of nitrogens with zero attached hydrogens (tertiary/aromatic N) is 2. The van der Waals surface area contributed by atoms with E-state index in [2.05, 4.69) is 5.32 Å². The van der Waals surface area contributed by atoms with E-state index < -0.39 is 23.6 Å². The first kappa shape index (κ1) is 27.3. The fourth-order valence-electron chi connectivity index (χ4n) is 4.15. The summed E-state index contributed by atoms with van der Waals surface area (Å²) in [6.45, 7) is 3.73. The number of anilines is 1. The number of carbonyl (C=O) groups is 4. The van der Waals surface area contributed by atoms with Crippen LogP contribution in [0.3, 0.4) is 0 Å². The van der Waals surface area contributed by atoms with Gasteiger partial charge in [-0.05, 0) is 54.6 Å². The second-order valence-corrected chi connectivity index (χ2v) is 9.80. The van der Waals surface area contributed by atoms with Crippen LogP contribution in [0.4, 0.5) is 10.5 Å². The lowest BCUT2D eigenvalue weighted by Gasteiger charge is -2.26. The Hall–Kier alpha value is -4.23. The molecule has 0 atom stereocenters. The first-order chi connectivity index (χ1) is 19.4. The summed E-state index contributed by atoms with van der Waals surface area (Å²) in [5, 5.41) is 2.11. The molecule has 3 aliphatic heterocycles. The summed E-state index contributed by atoms with van der Waals surface area (Å²) in [5.74, 6) is 0.591. The van der Waals surface area contributed by atoms with Crippen LogP contribution < -0.4 is 24.3 Å². The third-order valence-corrected chi connectivity index (χ3v) is 7.02. The molecule has 2 aromatic carbocycles. The Morgan fingerprint density at radius 2 is 1.82 bits per heavy atom. The molecule has 0 spiro atoms. The average Bonchev–Trinajstić information content (AvgIpc) is 3.52. The Kier molecular flexibility index (Phi) is 8.41. The SMILES string of the molecule is CCOc1cc(/C=C2\SC(=O)N(CC(=O)Nc3ccc4c(c3)OCO4)C2=O)ccc1OCC(=O)N1CCOCC1. The van der Waals surface area contributed by atoms with Gasteiger partial charge in [0.05, 0.1) is 24.7 Å². The van der Waals surface area contributed by atoms with E-state index in [1.54, 1.807) is 47.4 Å². The minimum absolute atomic E-state index is 0.103. The Morgan fingerprint density at radius 1 is 1.02 bits per heavy atom. The van der Waals surface area contributed by atoms with Crippen LogP contribution >= 0.6 is 11.8 Å². The van der Waals surface area contributed by atoms with Crippen LogP contribution in [-0.2, 0) is 19.1 Å². The maximum atomic E-state index is 13.0. The van der Waals surface area contributed by atoms with E-state index in [-0.39, 0.29) is 24.2 Å². The number of morpholine rings is 1. The van der Waals surface area contributed by atoms with Crippen LogP contribution in [0.15, 0.2) is 41.3 Å². The zero-order valence-corrected chi connectivity index (χ0v) is 22.5. The van der Waals surface area contributed by atoms with Gasteiger partial charge in [-0.3, -0.25) is 24.1 Å². The predicted molar refractivity (Wildman–Crippen MR) is 144 cm³/mol. The van der Waals surface area contributed by atoms with Crippen LogP contribution in [-0.4, -0.2) is 85.6 Å². The van der Waals surface area contributed by atoms with Gasteiger partial charge in [-0.15, -0.1) is 0 Å². The van der Waals surface area contributed by atoms with Crippen molar-refractivity contribution < 1.29 is 42.9 Å². The number of fused-ring (bicyclic) bond motifs is 1. The summed E-state index contributed by atoms with van der Waals surface area (Å²) >= 11 is 0.744. The van der Waals surface area contributed by atoms with E-state index in [0.717, 1.165) is 16.7 Å². The van der Waals surface area contributed by atoms with Gasteiger partial charge in [0.2, 0.25) is 12.7 Å². The predicted octanol–water partition coefficient (Wildman–Crippen LogP) is 2.73. The quantitative estimate of drug-likeness (QED) is 0.450. The topological polar surface area (TPSA) is 133 Å². The van der Waals surface area contributed by atoms with Crippen molar-refractivity contribution in [2.75, 3.05) is 58.2 Å². The molecular formula is C27H27N3O9S. The van der Waals surface area contributed by atoms with Gasteiger partial charge in [0.25, 0.3) is 17.1 Å². The van der Waals surface area contributed by atoms with Gasteiger partial charge >= 0.3 is 0 Å². The second-order valence-electron chi connectivity index (χ2n) is 8.81. The zero-order chi connectivity index (χ0) is 28.1. The Labute approximate surface area is 234 Å². The maximum absolute atomic E-state index is 13.0. The Bertz CT molecular complexity index is 1360. The molecule has 0 aliphatic carbocycles. The van der Waals surface area contributed by atoms with Crippen molar-refractivity contribution >= 4 is 46.5 Å². The molecule has 2 fully saturated rings. The van der Waals surface area contributed by atoms with Gasteiger partial charge in [0, 0.05) is 24.8 Å². The first-order valence-corrected chi connectivity index (χ1v) is 13.4. The van der Waals surface area contributed by atoms with Crippen LogP contribution in [0.2, 0.25) is 0 Å². The number of hydrogen-bond donors (Lipinski definition) is 1. The lowest BCUT2D eigenvalue weighted by atomic mass is 10.2. The van der Waals surface area contributed by atoms with Crippen molar-refractivity contribution in [1.29, 1.82) is 0 Å². The average molecular weight is 570 g/mol. The highest BCUT2D eigenvalue weighted by Gasteiger charge is 2.36. The first-order valence-electron chi connectivity index (χ1n) is 12.6. The van der Waals surface area contributed by atoms with Gasteiger partial charge < -0.3 is 33.9 Å². The highest BCUT2D eigenvalue weighted by atomic mass is 32.2. The van der Waals surface area contributed by atoms with E-state index in [4.69, 9.17) is 23.7 Å². The monoisotopic (exact) mass is 569 g/mol. The van der Waals surface area contributed by atoms with Crippen LogP contribution in [0.25, 0.3) is 6.08 Å². The molecule has 0 aromatic heterocycles. The molecule has 0 saturated carbocycles. The molecule has 12 nitrogen and oxygen atoms in total. The number of amides is 4. The number of imide groups is 1. The second kappa shape index (κ2) is 12.3. The van der Waals surface area contributed by atoms with E-state index in [1.807, 2.05) is 6.92 Å². The van der Waals surface area contributed by atoms with Crippen LogP contribution in [0.1, 0.15) is 12.5 Å². The molecule has 0 unspecified atom stereocenters. The Morgan fingerprint density at radius 3 is 2.62 bits per heavy atom. The third kappa shape index (κ3) is 6.32. The molecular weight excluding hydrogens is 542 g/mol. The van der Waals surface area contributed by atoms with Crippen LogP contribution in [0, 0.1) is 0 Å². The number of hydrogen-bond acceptors (Lipinski definition) is 10. The standard InChI is InChI=1S/C27H27N3O9S/c1-2-36-21-11-17(3-5-19(21)37-15-25(32)29-7-9-35-10-8-29)12-23-26(33)30(27(34)40-23)14-24(31)28-18-4-6-20-22(13-18)39-16-38-20/h3-6,11-13H,2,7-10,14-16H2,1H3,(H,28,31)/b23-12-. The van der Waals surface area contributed by atoms with Crippen molar-refractivity contribution in [2.24, 2.45) is 0 Å². The fraction of sp³-hybridized carbons (Fsp3) is 0.333. The number of nitrogens with one attached hydrogen (secondary N) is 1. The van der Waals surface area contributed by atoms with E-state index in [9.17, 15) is 19.2 Å². The number of thioether (sulfide) groups is 1. The summed E-state index contributed by atoms with van der Waals surface area (Å²) in [7, 11) is 0. The van der Waals surface area contributed by atoms with Gasteiger partial charge in [-0.2, -0.15) is 0 Å². The van der Waals surface area contributed by atoms with Crippen molar-refractivity contribution in [3.05, 3.63) is 46.9 Å². The highest BCUT2D eigenvalue weighted by Crippen LogP contribution is 2.36. The molecule has 13 heteroatoms. The summed E-state index contributed by atoms with van der Waals surface area (Å²) in [6.07, 6.45) is 1.55. The summed E-state index contributed by atoms with van der Waals surface area (Å²) in [4.78, 5) is 53.3. The van der Waals surface area contributed by atoms with Crippen molar-refractivity contribution in [3.8, 4) is 23.0 Å². The summed E-state index contributed by atoms with van der Waals surface area (Å²) in [6, 6.07) is 9.91. The van der Waals surface area contributed by atoms with E-state index in [1.165, 1.54) is 0 Å². The third-order valence-electron chi connectivity index (χ3n) is 6.11. The highest BCUT2D eigenvalue weighted by molar-refractivity contribution is 8.18. The van der Waals surface area contributed by atoms with Gasteiger partial charge in [-0.1, -0.05) is 6.07 Å². The summed E-state index contributed by atoms with van der Waals surface area (Å²) < 4.78 is 27.2. The smallest absolute Gasteiger partial charge is 0.294 e. The minimum Gasteiger partial charge on any atom is -0.490 e. The van der Waals surface area contributed by atoms with Gasteiger partial charge in [-0.25, -0.2) is 0 Å². The molecule has 1 N–H and O–H groups in total. The molecule has 2 aromatic rings. The molecule has 210 valence electrons. The van der Waals surface area contributed by atoms with Crippen molar-refractivity contribution in [2.45, 2.75) is 6.92 Å². The number of rotatable bonds is 9. The van der Waals surface area contributed by atoms with E-state index >= 15 is 0 Å². The zero-order valence-electron chi connectivity index (χ0n) is 21.7. The van der Waals surface area contributed by atoms with E-state index in [0.29, 0.717) is 67.2 Å². The number of benzene rings is 2. The lowest BCUT2D eigenvalue weighted by Crippen LogP contribution is -2.43. The molecule has 3 aliphatic rings. The maximum Gasteiger partial charge on any atom is 0.294 e. The number of carbonyl (C=O) groups excluding carboxylic acids is 4. The molecule has 5 rings (SSSR count).